The normalized spacial score (nSPS) is 14.0. The first kappa shape index (κ1) is 31.9. The summed E-state index contributed by atoms with van der Waals surface area (Å²) in [5, 5.41) is 2.64. The maximum Gasteiger partial charge on any atom is 0.241 e. The van der Waals surface area contributed by atoms with Crippen LogP contribution in [-0.4, -0.2) is 68.3 Å². The molecule has 3 aromatic carbocycles. The molecule has 47 heavy (non-hydrogen) atoms. The van der Waals surface area contributed by atoms with E-state index >= 15 is 4.39 Å². The van der Waals surface area contributed by atoms with Gasteiger partial charge in [-0.2, -0.15) is 0 Å². The van der Waals surface area contributed by atoms with Crippen LogP contribution < -0.4 is 25.3 Å². The van der Waals surface area contributed by atoms with Gasteiger partial charge < -0.3 is 30.0 Å². The van der Waals surface area contributed by atoms with Crippen molar-refractivity contribution in [1.82, 2.24) is 9.88 Å². The van der Waals surface area contributed by atoms with E-state index in [0.717, 1.165) is 59.8 Å². The third kappa shape index (κ3) is 7.51. The molecular weight excluding hydrogens is 623 g/mol. The van der Waals surface area contributed by atoms with E-state index in [1.54, 1.807) is 36.5 Å². The number of nitrogens with two attached hydrogens (primary N) is 1. The quantitative estimate of drug-likeness (QED) is 0.161. The number of pyridine rings is 1. The molecular formula is C35H33FN4O6S. The minimum absolute atomic E-state index is 0.0804. The number of fused-ring (bicyclic) bond motifs is 1. The first-order chi connectivity index (χ1) is 22.9. The van der Waals surface area contributed by atoms with E-state index in [9.17, 15) is 9.59 Å². The van der Waals surface area contributed by atoms with E-state index in [1.807, 2.05) is 30.3 Å². The molecule has 1 unspecified atom stereocenters. The van der Waals surface area contributed by atoms with Crippen molar-refractivity contribution in [1.29, 1.82) is 0 Å². The van der Waals surface area contributed by atoms with Crippen LogP contribution in [-0.2, 0) is 14.3 Å². The summed E-state index contributed by atoms with van der Waals surface area (Å²) in [6, 6.07) is 22.1. The van der Waals surface area contributed by atoms with Gasteiger partial charge in [-0.3, -0.25) is 19.5 Å². The first-order valence-corrected chi connectivity index (χ1v) is 15.8. The number of methoxy groups -OCH3 is 1. The number of nitrogens with zero attached hydrogens (tertiary/aromatic N) is 2. The number of benzene rings is 3. The highest BCUT2D eigenvalue weighted by atomic mass is 32.1. The number of amides is 2. The summed E-state index contributed by atoms with van der Waals surface area (Å²) in [5.74, 6) is -2.32. The van der Waals surface area contributed by atoms with Crippen LogP contribution in [0.4, 0.5) is 10.1 Å². The molecule has 5 aromatic rings. The molecule has 0 bridgehead atoms. The zero-order valence-electron chi connectivity index (χ0n) is 25.6. The van der Waals surface area contributed by atoms with Gasteiger partial charge in [0, 0.05) is 36.8 Å². The number of primary amides is 1. The smallest absolute Gasteiger partial charge is 0.241 e. The lowest BCUT2D eigenvalue weighted by atomic mass is 9.97. The van der Waals surface area contributed by atoms with E-state index in [0.29, 0.717) is 29.3 Å². The Bertz CT molecular complexity index is 1880. The van der Waals surface area contributed by atoms with Crippen molar-refractivity contribution in [2.75, 3.05) is 51.9 Å². The maximum atomic E-state index is 15.4. The van der Waals surface area contributed by atoms with Gasteiger partial charge in [0.2, 0.25) is 11.8 Å². The van der Waals surface area contributed by atoms with Crippen LogP contribution >= 0.6 is 11.3 Å². The van der Waals surface area contributed by atoms with Gasteiger partial charge in [-0.05, 0) is 65.7 Å². The number of thiophene rings is 1. The number of aromatic nitrogens is 1. The van der Waals surface area contributed by atoms with Gasteiger partial charge in [0.15, 0.2) is 11.6 Å². The first-order valence-electron chi connectivity index (χ1n) is 15.0. The number of nitrogens with one attached hydrogen (secondary N) is 1. The van der Waals surface area contributed by atoms with E-state index in [1.165, 1.54) is 30.6 Å². The molecule has 1 saturated heterocycles. The standard InChI is InChI=1S/C35H33FN4O6S/c1-43-29-5-3-2-4-26(29)39-35(42)32(34(37)41)23-8-11-28(25(36)20-23)46-30-12-13-38-27-21-31(47-33(27)30)22-6-9-24(10-7-22)45-19-16-40-14-17-44-18-15-40/h2-13,20-21,32H,14-19H2,1H3,(H2,37,41)(H,39,42). The Morgan fingerprint density at radius 1 is 1.02 bits per heavy atom. The lowest BCUT2D eigenvalue weighted by Gasteiger charge is -2.26. The molecule has 10 nitrogen and oxygen atoms in total. The van der Waals surface area contributed by atoms with Crippen LogP contribution in [0.5, 0.6) is 23.0 Å². The molecule has 1 aliphatic rings. The summed E-state index contributed by atoms with van der Waals surface area (Å²) >= 11 is 1.47. The Labute approximate surface area is 274 Å². The predicted octanol–water partition coefficient (Wildman–Crippen LogP) is 5.82. The molecule has 6 rings (SSSR count). The average Bonchev–Trinajstić information content (AvgIpc) is 3.52. The Balaban J connectivity index is 1.15. The van der Waals surface area contributed by atoms with Crippen LogP contribution in [0.25, 0.3) is 20.7 Å². The number of morpholine rings is 1. The molecule has 242 valence electrons. The SMILES string of the molecule is COc1ccccc1NC(=O)C(C(N)=O)c1ccc(Oc2ccnc3cc(-c4ccc(OCCN5CCOCC5)cc4)sc23)c(F)c1. The number of halogens is 1. The molecule has 1 fully saturated rings. The largest absolute Gasteiger partial charge is 0.495 e. The average molecular weight is 657 g/mol. The van der Waals surface area contributed by atoms with Crippen molar-refractivity contribution in [2.24, 2.45) is 5.73 Å². The fourth-order valence-electron chi connectivity index (χ4n) is 5.27. The minimum Gasteiger partial charge on any atom is -0.495 e. The molecule has 0 aliphatic carbocycles. The Morgan fingerprint density at radius 3 is 2.55 bits per heavy atom. The summed E-state index contributed by atoms with van der Waals surface area (Å²) in [5.41, 5.74) is 7.70. The highest BCUT2D eigenvalue weighted by Gasteiger charge is 2.28. The third-order valence-corrected chi connectivity index (χ3v) is 8.90. The Kier molecular flexibility index (Phi) is 9.91. The molecule has 3 heterocycles. The fraction of sp³-hybridized carbons (Fsp3) is 0.229. The van der Waals surface area contributed by atoms with Gasteiger partial charge in [-0.1, -0.05) is 18.2 Å². The molecule has 0 spiro atoms. The molecule has 1 aliphatic heterocycles. The molecule has 2 aromatic heterocycles. The van der Waals surface area contributed by atoms with Crippen LogP contribution in [0.1, 0.15) is 11.5 Å². The summed E-state index contributed by atoms with van der Waals surface area (Å²) in [7, 11) is 1.46. The highest BCUT2D eigenvalue weighted by molar-refractivity contribution is 7.22. The zero-order chi connectivity index (χ0) is 32.8. The monoisotopic (exact) mass is 656 g/mol. The summed E-state index contributed by atoms with van der Waals surface area (Å²) < 4.78 is 38.7. The number of ether oxygens (including phenoxy) is 4. The second-order valence-corrected chi connectivity index (χ2v) is 11.8. The van der Waals surface area contributed by atoms with E-state index in [2.05, 4.69) is 15.2 Å². The Hall–Kier alpha value is -5.04. The van der Waals surface area contributed by atoms with Gasteiger partial charge in [-0.15, -0.1) is 11.3 Å². The number of hydrogen-bond donors (Lipinski definition) is 2. The number of carbonyl (C=O) groups is 2. The molecule has 3 N–H and O–H groups in total. The van der Waals surface area contributed by atoms with Crippen molar-refractivity contribution in [3.05, 3.63) is 96.4 Å². The van der Waals surface area contributed by atoms with Crippen molar-refractivity contribution in [3.63, 3.8) is 0 Å². The van der Waals surface area contributed by atoms with E-state index in [-0.39, 0.29) is 11.3 Å². The lowest BCUT2D eigenvalue weighted by molar-refractivity contribution is -0.127. The molecule has 2 amide bonds. The summed E-state index contributed by atoms with van der Waals surface area (Å²) in [4.78, 5) is 33.1. The maximum absolute atomic E-state index is 15.4. The van der Waals surface area contributed by atoms with Gasteiger partial charge in [0.05, 0.1) is 36.2 Å². The van der Waals surface area contributed by atoms with Crippen molar-refractivity contribution in [2.45, 2.75) is 5.92 Å². The van der Waals surface area contributed by atoms with E-state index in [4.69, 9.17) is 24.7 Å². The van der Waals surface area contributed by atoms with Crippen LogP contribution in [0.3, 0.4) is 0 Å². The van der Waals surface area contributed by atoms with Crippen molar-refractivity contribution in [3.8, 4) is 33.4 Å². The van der Waals surface area contributed by atoms with Gasteiger partial charge >= 0.3 is 0 Å². The van der Waals surface area contributed by atoms with Gasteiger partial charge in [0.1, 0.15) is 29.8 Å². The number of hydrogen-bond acceptors (Lipinski definition) is 9. The molecule has 12 heteroatoms. The van der Waals surface area contributed by atoms with Gasteiger partial charge in [-0.25, -0.2) is 4.39 Å². The number of anilines is 1. The lowest BCUT2D eigenvalue weighted by Crippen LogP contribution is -2.38. The third-order valence-electron chi connectivity index (χ3n) is 7.72. The van der Waals surface area contributed by atoms with Crippen LogP contribution in [0, 0.1) is 5.82 Å². The highest BCUT2D eigenvalue weighted by Crippen LogP contribution is 2.40. The number of carbonyl (C=O) groups excluding carboxylic acids is 2. The zero-order valence-corrected chi connectivity index (χ0v) is 26.4. The topological polar surface area (TPSA) is 125 Å². The van der Waals surface area contributed by atoms with E-state index < -0.39 is 23.5 Å². The summed E-state index contributed by atoms with van der Waals surface area (Å²) in [6.45, 7) is 4.82. The Morgan fingerprint density at radius 2 is 1.81 bits per heavy atom. The fourth-order valence-corrected chi connectivity index (χ4v) is 6.34. The second-order valence-electron chi connectivity index (χ2n) is 10.8. The molecule has 0 saturated carbocycles. The second kappa shape index (κ2) is 14.6. The molecule has 0 radical (unpaired) electrons. The summed E-state index contributed by atoms with van der Waals surface area (Å²) in [6.07, 6.45) is 1.59. The van der Waals surface area contributed by atoms with Crippen LogP contribution in [0.2, 0.25) is 0 Å². The number of rotatable bonds is 12. The van der Waals surface area contributed by atoms with Crippen LogP contribution in [0.15, 0.2) is 85.1 Å². The number of para-hydroxylation sites is 2. The van der Waals surface area contributed by atoms with Crippen molar-refractivity contribution < 1.29 is 32.9 Å². The minimum atomic E-state index is -1.45. The molecule has 1 atom stereocenters. The van der Waals surface area contributed by atoms with Crippen molar-refractivity contribution >= 4 is 39.1 Å². The predicted molar refractivity (Wildman–Crippen MR) is 178 cm³/mol. The van der Waals surface area contributed by atoms with Gasteiger partial charge in [0.25, 0.3) is 0 Å².